The van der Waals surface area contributed by atoms with Crippen LogP contribution in [0, 0.1) is 13.8 Å². The van der Waals surface area contributed by atoms with Crippen molar-refractivity contribution in [3.8, 4) is 11.5 Å². The van der Waals surface area contributed by atoms with Crippen molar-refractivity contribution in [2.24, 2.45) is 5.10 Å². The van der Waals surface area contributed by atoms with Crippen LogP contribution in [-0.4, -0.2) is 11.2 Å². The predicted molar refractivity (Wildman–Crippen MR) is 100 cm³/mol. The molecule has 0 bridgehead atoms. The first-order valence-corrected chi connectivity index (χ1v) is 8.33. The SMILES string of the molecule is Cc1ccc(Oc2ccc(C=NNc3nc(N)cs3)cc2)cc1C. The smallest absolute Gasteiger partial charge is 0.205 e. The van der Waals surface area contributed by atoms with Crippen molar-refractivity contribution in [1.82, 2.24) is 4.98 Å². The van der Waals surface area contributed by atoms with Crippen LogP contribution in [0.3, 0.4) is 0 Å². The Morgan fingerprint density at radius 2 is 1.83 bits per heavy atom. The molecule has 0 spiro atoms. The molecule has 0 saturated heterocycles. The van der Waals surface area contributed by atoms with Crippen molar-refractivity contribution >= 4 is 28.5 Å². The maximum atomic E-state index is 5.86. The molecule has 24 heavy (non-hydrogen) atoms. The molecule has 0 radical (unpaired) electrons. The van der Waals surface area contributed by atoms with Gasteiger partial charge in [0.15, 0.2) is 0 Å². The Hall–Kier alpha value is -2.86. The molecule has 6 heteroatoms. The molecule has 0 amide bonds. The van der Waals surface area contributed by atoms with Gasteiger partial charge in [-0.25, -0.2) is 4.98 Å². The van der Waals surface area contributed by atoms with E-state index in [0.717, 1.165) is 17.1 Å². The zero-order valence-corrected chi connectivity index (χ0v) is 14.3. The highest BCUT2D eigenvalue weighted by Gasteiger charge is 2.00. The lowest BCUT2D eigenvalue weighted by molar-refractivity contribution is 0.482. The first-order valence-electron chi connectivity index (χ1n) is 7.45. The lowest BCUT2D eigenvalue weighted by Crippen LogP contribution is -1.91. The lowest BCUT2D eigenvalue weighted by Gasteiger charge is -2.08. The summed E-state index contributed by atoms with van der Waals surface area (Å²) >= 11 is 1.41. The fourth-order valence-corrected chi connectivity index (χ4v) is 2.58. The lowest BCUT2D eigenvalue weighted by atomic mass is 10.1. The minimum atomic E-state index is 0.491. The second-order valence-electron chi connectivity index (χ2n) is 5.36. The molecule has 3 aromatic rings. The van der Waals surface area contributed by atoms with Crippen molar-refractivity contribution in [3.05, 3.63) is 64.5 Å². The number of aromatic nitrogens is 1. The number of benzene rings is 2. The Balaban J connectivity index is 1.61. The minimum absolute atomic E-state index is 0.491. The molecule has 5 nitrogen and oxygen atoms in total. The van der Waals surface area contributed by atoms with Crippen LogP contribution in [0.4, 0.5) is 10.9 Å². The second-order valence-corrected chi connectivity index (χ2v) is 6.22. The van der Waals surface area contributed by atoms with Crippen LogP contribution in [0.2, 0.25) is 0 Å². The van der Waals surface area contributed by atoms with E-state index in [1.54, 1.807) is 11.6 Å². The molecule has 3 rings (SSSR count). The maximum absolute atomic E-state index is 5.86. The zero-order chi connectivity index (χ0) is 16.9. The van der Waals surface area contributed by atoms with Gasteiger partial charge >= 0.3 is 0 Å². The number of ether oxygens (including phenoxy) is 1. The fraction of sp³-hybridized carbons (Fsp3) is 0.111. The third-order valence-corrected chi connectivity index (χ3v) is 4.26. The van der Waals surface area contributed by atoms with Crippen LogP contribution in [0.1, 0.15) is 16.7 Å². The monoisotopic (exact) mass is 338 g/mol. The van der Waals surface area contributed by atoms with Crippen molar-refractivity contribution in [2.45, 2.75) is 13.8 Å². The molecule has 122 valence electrons. The summed E-state index contributed by atoms with van der Waals surface area (Å²) in [6, 6.07) is 13.8. The molecule has 3 N–H and O–H groups in total. The maximum Gasteiger partial charge on any atom is 0.205 e. The number of hydrazone groups is 1. The Morgan fingerprint density at radius 1 is 1.08 bits per heavy atom. The number of hydrogen-bond donors (Lipinski definition) is 2. The predicted octanol–water partition coefficient (Wildman–Crippen LogP) is 4.58. The van der Waals surface area contributed by atoms with Gasteiger partial charge in [0.2, 0.25) is 5.13 Å². The first-order chi connectivity index (χ1) is 11.6. The number of nitrogens with two attached hydrogens (primary N) is 1. The largest absolute Gasteiger partial charge is 0.457 e. The van der Waals surface area contributed by atoms with E-state index < -0.39 is 0 Å². The molecule has 0 aliphatic rings. The van der Waals surface area contributed by atoms with E-state index in [0.29, 0.717) is 10.9 Å². The number of nitrogens with one attached hydrogen (secondary N) is 1. The van der Waals surface area contributed by atoms with E-state index in [1.165, 1.54) is 22.5 Å². The van der Waals surface area contributed by atoms with E-state index in [2.05, 4.69) is 35.4 Å². The molecule has 1 aromatic heterocycles. The summed E-state index contributed by atoms with van der Waals surface area (Å²) in [6.07, 6.45) is 1.72. The highest BCUT2D eigenvalue weighted by molar-refractivity contribution is 7.14. The molecule has 2 aromatic carbocycles. The van der Waals surface area contributed by atoms with Crippen LogP contribution < -0.4 is 15.9 Å². The molecule has 1 heterocycles. The number of thiazole rings is 1. The van der Waals surface area contributed by atoms with Gasteiger partial charge in [-0.3, -0.25) is 5.43 Å². The number of nitrogens with zero attached hydrogens (tertiary/aromatic N) is 2. The van der Waals surface area contributed by atoms with E-state index in [-0.39, 0.29) is 0 Å². The van der Waals surface area contributed by atoms with Gasteiger partial charge in [-0.1, -0.05) is 6.07 Å². The number of anilines is 2. The van der Waals surface area contributed by atoms with Gasteiger partial charge in [0.1, 0.15) is 17.3 Å². The normalized spacial score (nSPS) is 10.9. The third-order valence-electron chi connectivity index (χ3n) is 3.49. The molecule has 0 fully saturated rings. The average Bonchev–Trinajstić information content (AvgIpc) is 2.98. The van der Waals surface area contributed by atoms with Crippen molar-refractivity contribution in [2.75, 3.05) is 11.2 Å². The van der Waals surface area contributed by atoms with E-state index >= 15 is 0 Å². The van der Waals surface area contributed by atoms with Gasteiger partial charge in [0.05, 0.1) is 6.21 Å². The van der Waals surface area contributed by atoms with Gasteiger partial charge < -0.3 is 10.5 Å². The van der Waals surface area contributed by atoms with E-state index in [9.17, 15) is 0 Å². The summed E-state index contributed by atoms with van der Waals surface area (Å²) in [5, 5.41) is 6.56. The molecule has 0 unspecified atom stereocenters. The Bertz CT molecular complexity index is 856. The first kappa shape index (κ1) is 16.0. The Morgan fingerprint density at radius 3 is 2.50 bits per heavy atom. The summed E-state index contributed by atoms with van der Waals surface area (Å²) in [7, 11) is 0. The quantitative estimate of drug-likeness (QED) is 0.527. The summed E-state index contributed by atoms with van der Waals surface area (Å²) in [6.45, 7) is 4.16. The molecular weight excluding hydrogens is 320 g/mol. The van der Waals surface area contributed by atoms with Gasteiger partial charge in [0.25, 0.3) is 0 Å². The topological polar surface area (TPSA) is 72.5 Å². The Kier molecular flexibility index (Phi) is 4.77. The average molecular weight is 338 g/mol. The summed E-state index contributed by atoms with van der Waals surface area (Å²) in [4.78, 5) is 4.07. The van der Waals surface area contributed by atoms with Gasteiger partial charge in [0, 0.05) is 5.38 Å². The van der Waals surface area contributed by atoms with Gasteiger partial charge in [-0.15, -0.1) is 11.3 Å². The second kappa shape index (κ2) is 7.14. The highest BCUT2D eigenvalue weighted by atomic mass is 32.1. The number of nitrogen functional groups attached to an aromatic ring is 1. The number of aryl methyl sites for hydroxylation is 2. The molecule has 0 atom stereocenters. The summed E-state index contributed by atoms with van der Waals surface area (Å²) in [5.41, 5.74) is 11.8. The van der Waals surface area contributed by atoms with Crippen molar-refractivity contribution < 1.29 is 4.74 Å². The standard InChI is InChI=1S/C18H18N4OS/c1-12-3-6-16(9-13(12)2)23-15-7-4-14(5-8-15)10-20-22-18-21-17(19)11-24-18/h3-11H,19H2,1-2H3,(H,21,22). The van der Waals surface area contributed by atoms with E-state index in [1.807, 2.05) is 36.4 Å². The highest BCUT2D eigenvalue weighted by Crippen LogP contribution is 2.23. The molecule has 0 aliphatic carbocycles. The van der Waals surface area contributed by atoms with Gasteiger partial charge in [-0.05, 0) is 66.9 Å². The number of hydrogen-bond acceptors (Lipinski definition) is 6. The third kappa shape index (κ3) is 4.11. The van der Waals surface area contributed by atoms with E-state index in [4.69, 9.17) is 10.5 Å². The van der Waals surface area contributed by atoms with Crippen LogP contribution in [0.15, 0.2) is 52.9 Å². The Labute approximate surface area is 144 Å². The fourth-order valence-electron chi connectivity index (χ4n) is 2.03. The zero-order valence-electron chi connectivity index (χ0n) is 13.5. The van der Waals surface area contributed by atoms with Crippen LogP contribution >= 0.6 is 11.3 Å². The van der Waals surface area contributed by atoms with Crippen molar-refractivity contribution in [3.63, 3.8) is 0 Å². The van der Waals surface area contributed by atoms with Crippen LogP contribution in [0.25, 0.3) is 0 Å². The summed E-state index contributed by atoms with van der Waals surface area (Å²) in [5.74, 6) is 2.11. The van der Waals surface area contributed by atoms with Crippen LogP contribution in [-0.2, 0) is 0 Å². The van der Waals surface area contributed by atoms with Crippen molar-refractivity contribution in [1.29, 1.82) is 0 Å². The summed E-state index contributed by atoms with van der Waals surface area (Å²) < 4.78 is 5.86. The van der Waals surface area contributed by atoms with Gasteiger partial charge in [-0.2, -0.15) is 5.10 Å². The molecule has 0 aliphatic heterocycles. The number of rotatable bonds is 5. The molecular formula is C18H18N4OS. The van der Waals surface area contributed by atoms with Crippen LogP contribution in [0.5, 0.6) is 11.5 Å². The minimum Gasteiger partial charge on any atom is -0.457 e. The molecule has 0 saturated carbocycles.